The summed E-state index contributed by atoms with van der Waals surface area (Å²) in [5, 5.41) is 2.85. The molecule has 0 aliphatic heterocycles. The number of hydrogen-bond acceptors (Lipinski definition) is 2. The first-order chi connectivity index (χ1) is 7.77. The van der Waals surface area contributed by atoms with Crippen molar-refractivity contribution in [2.75, 3.05) is 0 Å². The lowest BCUT2D eigenvalue weighted by Crippen LogP contribution is -2.23. The average Bonchev–Trinajstić information content (AvgIpc) is 2.73. The molecule has 2 rings (SSSR count). The Morgan fingerprint density at radius 2 is 2.12 bits per heavy atom. The van der Waals surface area contributed by atoms with Crippen molar-refractivity contribution >= 4 is 5.91 Å². The Hall–Kier alpha value is -2.10. The van der Waals surface area contributed by atoms with Crippen molar-refractivity contribution in [1.29, 1.82) is 0 Å². The van der Waals surface area contributed by atoms with Gasteiger partial charge in [0.1, 0.15) is 0 Å². The summed E-state index contributed by atoms with van der Waals surface area (Å²) in [7, 11) is 1.95. The maximum absolute atomic E-state index is 11.7. The highest BCUT2D eigenvalue weighted by Crippen LogP contribution is 2.00. The minimum absolute atomic E-state index is 0.0800. The molecular weight excluding hydrogens is 202 g/mol. The number of carbonyl (C=O) groups excluding carboxylic acids is 1. The van der Waals surface area contributed by atoms with Gasteiger partial charge in [-0.05, 0) is 24.3 Å². The van der Waals surface area contributed by atoms with Gasteiger partial charge in [0.25, 0.3) is 5.91 Å². The molecule has 0 radical (unpaired) electrons. The molecule has 0 spiro atoms. The lowest BCUT2D eigenvalue weighted by molar-refractivity contribution is 0.0950. The van der Waals surface area contributed by atoms with Crippen LogP contribution in [-0.2, 0) is 13.6 Å². The maximum atomic E-state index is 11.7. The number of aryl methyl sites for hydroxylation is 1. The topological polar surface area (TPSA) is 46.9 Å². The number of amides is 1. The van der Waals surface area contributed by atoms with Crippen LogP contribution < -0.4 is 5.32 Å². The summed E-state index contributed by atoms with van der Waals surface area (Å²) < 4.78 is 1.98. The van der Waals surface area contributed by atoms with Crippen molar-refractivity contribution in [3.63, 3.8) is 0 Å². The first kappa shape index (κ1) is 10.4. The number of rotatable bonds is 3. The fraction of sp³-hybridized carbons (Fsp3) is 0.167. The normalized spacial score (nSPS) is 10.1. The lowest BCUT2D eigenvalue weighted by Gasteiger charge is -2.05. The van der Waals surface area contributed by atoms with Crippen molar-refractivity contribution < 1.29 is 4.79 Å². The van der Waals surface area contributed by atoms with Gasteiger partial charge in [0.05, 0.1) is 6.54 Å². The van der Waals surface area contributed by atoms with Crippen molar-refractivity contribution in [2.24, 2.45) is 7.05 Å². The van der Waals surface area contributed by atoms with E-state index >= 15 is 0 Å². The Balaban J connectivity index is 1.97. The average molecular weight is 215 g/mol. The number of pyridine rings is 1. The lowest BCUT2D eigenvalue weighted by atomic mass is 10.2. The summed E-state index contributed by atoms with van der Waals surface area (Å²) >= 11 is 0. The molecule has 0 bridgehead atoms. The van der Waals surface area contributed by atoms with E-state index in [1.54, 1.807) is 24.5 Å². The zero-order valence-electron chi connectivity index (χ0n) is 9.05. The standard InChI is InChI=1S/C12H13N3O/c1-15-8-2-3-11(15)9-14-12(16)10-4-6-13-7-5-10/h2-8H,9H2,1H3,(H,14,16). The fourth-order valence-electron chi connectivity index (χ4n) is 1.46. The number of hydrogen-bond donors (Lipinski definition) is 1. The van der Waals surface area contributed by atoms with Crippen LogP contribution in [0, 0.1) is 0 Å². The summed E-state index contributed by atoms with van der Waals surface area (Å²) in [6.07, 6.45) is 5.17. The van der Waals surface area contributed by atoms with Gasteiger partial charge in [-0.3, -0.25) is 9.78 Å². The fourth-order valence-corrected chi connectivity index (χ4v) is 1.46. The Morgan fingerprint density at radius 3 is 2.75 bits per heavy atom. The highest BCUT2D eigenvalue weighted by atomic mass is 16.1. The van der Waals surface area contributed by atoms with E-state index in [0.717, 1.165) is 5.69 Å². The quantitative estimate of drug-likeness (QED) is 0.840. The maximum Gasteiger partial charge on any atom is 0.251 e. The zero-order valence-corrected chi connectivity index (χ0v) is 9.05. The van der Waals surface area contributed by atoms with Gasteiger partial charge in [0.15, 0.2) is 0 Å². The molecule has 0 unspecified atom stereocenters. The molecule has 0 aromatic carbocycles. The third kappa shape index (κ3) is 2.28. The highest BCUT2D eigenvalue weighted by Gasteiger charge is 2.04. The van der Waals surface area contributed by atoms with Crippen LogP contribution in [0.15, 0.2) is 42.9 Å². The van der Waals surface area contributed by atoms with Gasteiger partial charge >= 0.3 is 0 Å². The third-order valence-electron chi connectivity index (χ3n) is 2.42. The smallest absolute Gasteiger partial charge is 0.251 e. The van der Waals surface area contributed by atoms with E-state index < -0.39 is 0 Å². The molecule has 0 fully saturated rings. The molecule has 82 valence electrons. The van der Waals surface area contributed by atoms with E-state index in [1.165, 1.54) is 0 Å². The van der Waals surface area contributed by atoms with Crippen LogP contribution in [0.2, 0.25) is 0 Å². The van der Waals surface area contributed by atoms with E-state index in [-0.39, 0.29) is 5.91 Å². The van der Waals surface area contributed by atoms with Gasteiger partial charge in [-0.25, -0.2) is 0 Å². The summed E-state index contributed by atoms with van der Waals surface area (Å²) in [6.45, 7) is 0.532. The summed E-state index contributed by atoms with van der Waals surface area (Å²) in [6, 6.07) is 7.32. The molecule has 0 aliphatic rings. The molecule has 4 heteroatoms. The molecule has 1 amide bonds. The van der Waals surface area contributed by atoms with E-state index in [2.05, 4.69) is 10.3 Å². The monoisotopic (exact) mass is 215 g/mol. The van der Waals surface area contributed by atoms with Gasteiger partial charge in [0.2, 0.25) is 0 Å². The first-order valence-corrected chi connectivity index (χ1v) is 5.06. The molecule has 0 atom stereocenters. The van der Waals surface area contributed by atoms with Crippen LogP contribution in [0.4, 0.5) is 0 Å². The number of nitrogens with zero attached hydrogens (tertiary/aromatic N) is 2. The van der Waals surface area contributed by atoms with E-state index in [0.29, 0.717) is 12.1 Å². The molecule has 2 heterocycles. The molecule has 4 nitrogen and oxygen atoms in total. The van der Waals surface area contributed by atoms with Gasteiger partial charge < -0.3 is 9.88 Å². The molecule has 2 aromatic rings. The van der Waals surface area contributed by atoms with Crippen LogP contribution in [-0.4, -0.2) is 15.5 Å². The largest absolute Gasteiger partial charge is 0.353 e. The molecule has 0 saturated heterocycles. The zero-order chi connectivity index (χ0) is 11.4. The van der Waals surface area contributed by atoms with Crippen molar-refractivity contribution in [2.45, 2.75) is 6.54 Å². The van der Waals surface area contributed by atoms with Crippen molar-refractivity contribution in [3.8, 4) is 0 Å². The predicted molar refractivity (Wildman–Crippen MR) is 60.8 cm³/mol. The molecule has 1 N–H and O–H groups in total. The van der Waals surface area contributed by atoms with E-state index in [9.17, 15) is 4.79 Å². The SMILES string of the molecule is Cn1cccc1CNC(=O)c1ccncc1. The Labute approximate surface area is 93.9 Å². The van der Waals surface area contributed by atoms with Crippen LogP contribution in [0.5, 0.6) is 0 Å². The van der Waals surface area contributed by atoms with Gasteiger partial charge in [0, 0.05) is 36.9 Å². The molecule has 0 aliphatic carbocycles. The van der Waals surface area contributed by atoms with Crippen LogP contribution in [0.3, 0.4) is 0 Å². The second-order valence-electron chi connectivity index (χ2n) is 3.53. The Morgan fingerprint density at radius 1 is 1.38 bits per heavy atom. The third-order valence-corrected chi connectivity index (χ3v) is 2.42. The van der Waals surface area contributed by atoms with Crippen LogP contribution >= 0.6 is 0 Å². The van der Waals surface area contributed by atoms with Gasteiger partial charge in [-0.1, -0.05) is 0 Å². The van der Waals surface area contributed by atoms with Gasteiger partial charge in [-0.2, -0.15) is 0 Å². The first-order valence-electron chi connectivity index (χ1n) is 5.06. The van der Waals surface area contributed by atoms with E-state index in [4.69, 9.17) is 0 Å². The summed E-state index contributed by atoms with van der Waals surface area (Å²) in [5.41, 5.74) is 1.70. The van der Waals surface area contributed by atoms with Crippen LogP contribution in [0.1, 0.15) is 16.1 Å². The van der Waals surface area contributed by atoms with Crippen molar-refractivity contribution in [3.05, 3.63) is 54.1 Å². The number of carbonyl (C=O) groups is 1. The van der Waals surface area contributed by atoms with Gasteiger partial charge in [-0.15, -0.1) is 0 Å². The molecular formula is C12H13N3O. The van der Waals surface area contributed by atoms with Crippen molar-refractivity contribution in [1.82, 2.24) is 14.9 Å². The van der Waals surface area contributed by atoms with E-state index in [1.807, 2.05) is 29.9 Å². The minimum atomic E-state index is -0.0800. The number of aromatic nitrogens is 2. The summed E-state index contributed by atoms with van der Waals surface area (Å²) in [5.74, 6) is -0.0800. The second kappa shape index (κ2) is 4.61. The number of nitrogens with one attached hydrogen (secondary N) is 1. The Bertz CT molecular complexity index is 476. The summed E-state index contributed by atoms with van der Waals surface area (Å²) in [4.78, 5) is 15.6. The second-order valence-corrected chi connectivity index (χ2v) is 3.53. The molecule has 16 heavy (non-hydrogen) atoms. The minimum Gasteiger partial charge on any atom is -0.353 e. The molecule has 2 aromatic heterocycles. The van der Waals surface area contributed by atoms with Crippen LogP contribution in [0.25, 0.3) is 0 Å². The highest BCUT2D eigenvalue weighted by molar-refractivity contribution is 5.93. The predicted octanol–water partition coefficient (Wildman–Crippen LogP) is 1.35. The molecule has 0 saturated carbocycles. The Kier molecular flexibility index (Phi) is 3.00.